The second kappa shape index (κ2) is 8.75. The Morgan fingerprint density at radius 3 is 2.40 bits per heavy atom. The Kier molecular flexibility index (Phi) is 7.31. The van der Waals surface area contributed by atoms with Gasteiger partial charge in [-0.3, -0.25) is 10.1 Å². The second-order valence-electron chi connectivity index (χ2n) is 5.52. The number of aryl methyl sites for hydroxylation is 1. The van der Waals surface area contributed by atoms with Crippen LogP contribution < -0.4 is 10.6 Å². The van der Waals surface area contributed by atoms with E-state index >= 15 is 0 Å². The van der Waals surface area contributed by atoms with Gasteiger partial charge in [-0.2, -0.15) is 0 Å². The maximum Gasteiger partial charge on any atom is 0.236 e. The maximum atomic E-state index is 12.0. The molecule has 0 heterocycles. The molecule has 0 spiro atoms. The Bertz CT molecular complexity index is 400. The number of hydrogen-bond donors (Lipinski definition) is 2. The van der Waals surface area contributed by atoms with Crippen molar-refractivity contribution in [1.82, 2.24) is 10.6 Å². The number of benzene rings is 1. The first-order valence-corrected chi connectivity index (χ1v) is 7.65. The molecule has 1 unspecified atom stereocenters. The van der Waals surface area contributed by atoms with E-state index in [1.54, 1.807) is 0 Å². The predicted molar refractivity (Wildman–Crippen MR) is 84.7 cm³/mol. The molecule has 0 fully saturated rings. The summed E-state index contributed by atoms with van der Waals surface area (Å²) in [5.74, 6) is 0.0834. The van der Waals surface area contributed by atoms with Crippen LogP contribution in [0.15, 0.2) is 24.3 Å². The molecule has 112 valence electrons. The quantitative estimate of drug-likeness (QED) is 0.715. The van der Waals surface area contributed by atoms with Crippen LogP contribution in [0.1, 0.15) is 57.2 Å². The molecule has 0 aliphatic heterocycles. The average molecular weight is 276 g/mol. The number of unbranched alkanes of at least 4 members (excludes halogenated alkanes) is 2. The smallest absolute Gasteiger partial charge is 0.236 e. The fourth-order valence-corrected chi connectivity index (χ4v) is 2.14. The molecule has 0 aliphatic carbocycles. The van der Waals surface area contributed by atoms with E-state index in [-0.39, 0.29) is 18.0 Å². The van der Waals surface area contributed by atoms with Crippen molar-refractivity contribution in [3.8, 4) is 0 Å². The zero-order valence-corrected chi connectivity index (χ0v) is 13.2. The molecule has 0 bridgehead atoms. The summed E-state index contributed by atoms with van der Waals surface area (Å²) in [6.45, 7) is 9.02. The molecule has 2 N–H and O–H groups in total. The Balaban J connectivity index is 2.38. The van der Waals surface area contributed by atoms with Crippen LogP contribution in [0.2, 0.25) is 0 Å². The van der Waals surface area contributed by atoms with Crippen molar-refractivity contribution in [1.29, 1.82) is 0 Å². The third-order valence-electron chi connectivity index (χ3n) is 3.55. The predicted octanol–water partition coefficient (Wildman–Crippen LogP) is 3.34. The highest BCUT2D eigenvalue weighted by atomic mass is 16.2. The van der Waals surface area contributed by atoms with Gasteiger partial charge in [0.05, 0.1) is 6.04 Å². The molecule has 20 heavy (non-hydrogen) atoms. The van der Waals surface area contributed by atoms with Crippen molar-refractivity contribution in [2.45, 2.75) is 59.0 Å². The molecule has 3 heteroatoms. The van der Waals surface area contributed by atoms with Crippen molar-refractivity contribution in [3.63, 3.8) is 0 Å². The van der Waals surface area contributed by atoms with Gasteiger partial charge in [0.25, 0.3) is 0 Å². The number of rotatable bonds is 8. The van der Waals surface area contributed by atoms with Crippen LogP contribution >= 0.6 is 0 Å². The summed E-state index contributed by atoms with van der Waals surface area (Å²) in [4.78, 5) is 12.0. The topological polar surface area (TPSA) is 41.1 Å². The number of amides is 1. The van der Waals surface area contributed by atoms with E-state index in [0.29, 0.717) is 0 Å². The van der Waals surface area contributed by atoms with Crippen molar-refractivity contribution < 1.29 is 4.79 Å². The van der Waals surface area contributed by atoms with Crippen LogP contribution in [-0.4, -0.2) is 18.5 Å². The second-order valence-corrected chi connectivity index (χ2v) is 5.52. The molecular formula is C17H28N2O. The summed E-state index contributed by atoms with van der Waals surface area (Å²) < 4.78 is 0. The van der Waals surface area contributed by atoms with Crippen molar-refractivity contribution in [2.75, 3.05) is 6.54 Å². The first-order valence-electron chi connectivity index (χ1n) is 7.65. The molecule has 0 radical (unpaired) electrons. The normalized spacial score (nSPS) is 13.8. The molecule has 3 nitrogen and oxygen atoms in total. The SMILES string of the molecule is CCCCCNC(=O)C(C)N[C@@H](C)c1ccc(C)cc1. The van der Waals surface area contributed by atoms with E-state index in [0.717, 1.165) is 13.0 Å². The summed E-state index contributed by atoms with van der Waals surface area (Å²) in [7, 11) is 0. The fraction of sp³-hybridized carbons (Fsp3) is 0.588. The molecule has 1 aromatic carbocycles. The molecule has 1 rings (SSSR count). The standard InChI is InChI=1S/C17H28N2O/c1-5-6-7-12-18-17(20)15(4)19-14(3)16-10-8-13(2)9-11-16/h8-11,14-15,19H,5-7,12H2,1-4H3,(H,18,20)/t14-,15?/m0/s1. The number of carbonyl (C=O) groups excluding carboxylic acids is 1. The number of nitrogens with one attached hydrogen (secondary N) is 2. The third kappa shape index (κ3) is 5.74. The average Bonchev–Trinajstić information content (AvgIpc) is 2.44. The van der Waals surface area contributed by atoms with E-state index in [4.69, 9.17) is 0 Å². The molecular weight excluding hydrogens is 248 g/mol. The largest absolute Gasteiger partial charge is 0.355 e. The van der Waals surface area contributed by atoms with Crippen LogP contribution in [0.25, 0.3) is 0 Å². The molecule has 0 saturated heterocycles. The van der Waals surface area contributed by atoms with E-state index in [2.05, 4.69) is 55.7 Å². The molecule has 1 amide bonds. The van der Waals surface area contributed by atoms with E-state index in [9.17, 15) is 4.79 Å². The fourth-order valence-electron chi connectivity index (χ4n) is 2.14. The van der Waals surface area contributed by atoms with E-state index < -0.39 is 0 Å². The summed E-state index contributed by atoms with van der Waals surface area (Å²) >= 11 is 0. The zero-order valence-electron chi connectivity index (χ0n) is 13.2. The highest BCUT2D eigenvalue weighted by Crippen LogP contribution is 2.13. The zero-order chi connectivity index (χ0) is 15.0. The van der Waals surface area contributed by atoms with Crippen LogP contribution in [-0.2, 0) is 4.79 Å². The van der Waals surface area contributed by atoms with E-state index in [1.807, 2.05) is 6.92 Å². The van der Waals surface area contributed by atoms with Gasteiger partial charge in [0.15, 0.2) is 0 Å². The minimum absolute atomic E-state index is 0.0834. The lowest BCUT2D eigenvalue weighted by Gasteiger charge is -2.20. The van der Waals surface area contributed by atoms with Gasteiger partial charge in [-0.25, -0.2) is 0 Å². The Hall–Kier alpha value is -1.35. The molecule has 2 atom stereocenters. The summed E-state index contributed by atoms with van der Waals surface area (Å²) in [5.41, 5.74) is 2.46. The summed E-state index contributed by atoms with van der Waals surface area (Å²) in [6.07, 6.45) is 3.40. The summed E-state index contributed by atoms with van der Waals surface area (Å²) in [5, 5.41) is 6.33. The molecule has 0 aliphatic rings. The maximum absolute atomic E-state index is 12.0. The monoisotopic (exact) mass is 276 g/mol. The van der Waals surface area contributed by atoms with Crippen LogP contribution in [0.4, 0.5) is 0 Å². The first-order chi connectivity index (χ1) is 9.54. The van der Waals surface area contributed by atoms with Crippen molar-refractivity contribution in [2.24, 2.45) is 0 Å². The van der Waals surface area contributed by atoms with Gasteiger partial charge >= 0.3 is 0 Å². The van der Waals surface area contributed by atoms with Crippen molar-refractivity contribution in [3.05, 3.63) is 35.4 Å². The Labute approximate surface area is 123 Å². The lowest BCUT2D eigenvalue weighted by Crippen LogP contribution is -2.43. The molecule has 0 aromatic heterocycles. The third-order valence-corrected chi connectivity index (χ3v) is 3.55. The van der Waals surface area contributed by atoms with Gasteiger partial charge in [0.1, 0.15) is 0 Å². The lowest BCUT2D eigenvalue weighted by molar-refractivity contribution is -0.122. The van der Waals surface area contributed by atoms with Gasteiger partial charge in [0.2, 0.25) is 5.91 Å². The highest BCUT2D eigenvalue weighted by molar-refractivity contribution is 5.81. The summed E-state index contributed by atoms with van der Waals surface area (Å²) in [6, 6.07) is 8.42. The number of carbonyl (C=O) groups is 1. The first kappa shape index (κ1) is 16.7. The Morgan fingerprint density at radius 2 is 1.80 bits per heavy atom. The van der Waals surface area contributed by atoms with Crippen LogP contribution in [0, 0.1) is 6.92 Å². The highest BCUT2D eigenvalue weighted by Gasteiger charge is 2.15. The van der Waals surface area contributed by atoms with Gasteiger partial charge in [0, 0.05) is 12.6 Å². The Morgan fingerprint density at radius 1 is 1.15 bits per heavy atom. The van der Waals surface area contributed by atoms with Crippen LogP contribution in [0.3, 0.4) is 0 Å². The van der Waals surface area contributed by atoms with Gasteiger partial charge in [-0.05, 0) is 32.8 Å². The van der Waals surface area contributed by atoms with Gasteiger partial charge < -0.3 is 5.32 Å². The van der Waals surface area contributed by atoms with Crippen molar-refractivity contribution >= 4 is 5.91 Å². The minimum atomic E-state index is -0.173. The van der Waals surface area contributed by atoms with Gasteiger partial charge in [-0.15, -0.1) is 0 Å². The molecule has 1 aromatic rings. The minimum Gasteiger partial charge on any atom is -0.355 e. The molecule has 0 saturated carbocycles. The van der Waals surface area contributed by atoms with E-state index in [1.165, 1.54) is 24.0 Å². The van der Waals surface area contributed by atoms with Gasteiger partial charge in [-0.1, -0.05) is 49.6 Å². The van der Waals surface area contributed by atoms with Crippen LogP contribution in [0.5, 0.6) is 0 Å². The lowest BCUT2D eigenvalue weighted by atomic mass is 10.1. The number of hydrogen-bond acceptors (Lipinski definition) is 2.